The van der Waals surface area contributed by atoms with E-state index < -0.39 is 67.3 Å². The quantitative estimate of drug-likeness (QED) is 0.0229. The van der Waals surface area contributed by atoms with Crippen LogP contribution in [0, 0.1) is 0 Å². The van der Waals surface area contributed by atoms with E-state index in [1.54, 1.807) is 0 Å². The molecule has 0 aliphatic carbocycles. The number of esters is 3. The number of unbranched alkanes of at least 4 members (excludes halogenated alkanes) is 23. The summed E-state index contributed by atoms with van der Waals surface area (Å²) in [7, 11) is 0. The van der Waals surface area contributed by atoms with E-state index in [-0.39, 0.29) is 25.9 Å². The summed E-state index contributed by atoms with van der Waals surface area (Å²) < 4.78 is 28.2. The van der Waals surface area contributed by atoms with Crippen LogP contribution in [-0.2, 0) is 42.9 Å². The number of carboxylic acids is 1. The molecule has 6 unspecified atom stereocenters. The second kappa shape index (κ2) is 42.3. The molecule has 1 fully saturated rings. The third kappa shape index (κ3) is 33.1. The van der Waals surface area contributed by atoms with Gasteiger partial charge in [-0.2, -0.15) is 0 Å². The number of carbonyl (C=O) groups excluding carboxylic acids is 3. The lowest BCUT2D eigenvalue weighted by Gasteiger charge is -2.40. The van der Waals surface area contributed by atoms with Crippen LogP contribution in [0.5, 0.6) is 0 Å². The van der Waals surface area contributed by atoms with E-state index in [9.17, 15) is 34.5 Å². The number of hydrogen-bond acceptors (Lipinski definition) is 11. The molecular formula is C53H92O12. The summed E-state index contributed by atoms with van der Waals surface area (Å²) in [6, 6.07) is 0. The topological polar surface area (TPSA) is 175 Å². The number of aliphatic hydroxyl groups is 2. The highest BCUT2D eigenvalue weighted by Crippen LogP contribution is 2.26. The standard InChI is InChI=1S/C53H92O12/c1-4-7-10-13-16-19-21-22-23-24-26-28-30-33-36-39-45(54)61-42-44(63-46(55)40-37-34-32-29-25-20-17-14-11-8-5-2)43-62-53-51(49(58)48(57)50(65-53)52(59)60)64-47(56)41-38-35-31-27-18-15-12-9-6-3/h7,10,16,19,22-23,44,48-51,53,57-58H,4-6,8-9,11-15,17-18,20-21,24-43H2,1-3H3,(H,59,60)/b10-7-,19-16-,23-22-. The molecule has 1 heterocycles. The van der Waals surface area contributed by atoms with E-state index in [1.807, 2.05) is 0 Å². The molecule has 1 aliphatic heterocycles. The maximum absolute atomic E-state index is 13.0. The van der Waals surface area contributed by atoms with Gasteiger partial charge in [0.05, 0.1) is 6.61 Å². The predicted molar refractivity (Wildman–Crippen MR) is 257 cm³/mol. The highest BCUT2D eigenvalue weighted by molar-refractivity contribution is 5.74. The van der Waals surface area contributed by atoms with Crippen molar-refractivity contribution in [2.24, 2.45) is 0 Å². The Morgan fingerprint density at radius 2 is 0.969 bits per heavy atom. The van der Waals surface area contributed by atoms with Crippen LogP contribution in [0.15, 0.2) is 36.5 Å². The van der Waals surface area contributed by atoms with E-state index in [2.05, 4.69) is 57.2 Å². The lowest BCUT2D eigenvalue weighted by molar-refractivity contribution is -0.301. The monoisotopic (exact) mass is 921 g/mol. The minimum Gasteiger partial charge on any atom is -0.479 e. The molecular weight excluding hydrogens is 829 g/mol. The Morgan fingerprint density at radius 3 is 1.48 bits per heavy atom. The normalized spacial score (nSPS) is 19.3. The van der Waals surface area contributed by atoms with Crippen LogP contribution < -0.4 is 0 Å². The molecule has 12 nitrogen and oxygen atoms in total. The molecule has 65 heavy (non-hydrogen) atoms. The third-order valence-corrected chi connectivity index (χ3v) is 11.7. The molecule has 1 aliphatic rings. The van der Waals surface area contributed by atoms with Gasteiger partial charge in [-0.1, -0.05) is 192 Å². The number of ether oxygens (including phenoxy) is 5. The molecule has 3 N–H and O–H groups in total. The summed E-state index contributed by atoms with van der Waals surface area (Å²) >= 11 is 0. The van der Waals surface area contributed by atoms with Gasteiger partial charge in [-0.25, -0.2) is 4.79 Å². The Labute approximate surface area is 393 Å². The summed E-state index contributed by atoms with van der Waals surface area (Å²) in [5, 5.41) is 31.2. The highest BCUT2D eigenvalue weighted by atomic mass is 16.7. The van der Waals surface area contributed by atoms with E-state index >= 15 is 0 Å². The molecule has 0 amide bonds. The average Bonchev–Trinajstić information content (AvgIpc) is 3.29. The fraction of sp³-hybridized carbons (Fsp3) is 0.811. The number of aliphatic carboxylic acids is 1. The molecule has 0 aromatic rings. The zero-order chi connectivity index (χ0) is 47.6. The summed E-state index contributed by atoms with van der Waals surface area (Å²) in [5.74, 6) is -3.13. The van der Waals surface area contributed by atoms with Crippen LogP contribution in [0.1, 0.15) is 226 Å². The van der Waals surface area contributed by atoms with E-state index in [0.29, 0.717) is 19.3 Å². The maximum atomic E-state index is 13.0. The van der Waals surface area contributed by atoms with E-state index in [0.717, 1.165) is 96.3 Å². The largest absolute Gasteiger partial charge is 0.479 e. The van der Waals surface area contributed by atoms with Crippen molar-refractivity contribution in [3.05, 3.63) is 36.5 Å². The molecule has 0 spiro atoms. The smallest absolute Gasteiger partial charge is 0.335 e. The Morgan fingerprint density at radius 1 is 0.523 bits per heavy atom. The Hall–Kier alpha value is -3.06. The number of allylic oxidation sites excluding steroid dienone is 6. The molecule has 0 aromatic heterocycles. The summed E-state index contributed by atoms with van der Waals surface area (Å²) in [6.45, 7) is 5.80. The minimum absolute atomic E-state index is 0.0621. The van der Waals surface area contributed by atoms with E-state index in [4.69, 9.17) is 23.7 Å². The number of aliphatic hydroxyl groups excluding tert-OH is 2. The van der Waals surface area contributed by atoms with Crippen molar-refractivity contribution in [1.82, 2.24) is 0 Å². The van der Waals surface area contributed by atoms with Gasteiger partial charge in [-0.15, -0.1) is 0 Å². The van der Waals surface area contributed by atoms with Crippen LogP contribution in [0.4, 0.5) is 0 Å². The van der Waals surface area contributed by atoms with Crippen molar-refractivity contribution in [3.63, 3.8) is 0 Å². The molecule has 1 saturated heterocycles. The van der Waals surface area contributed by atoms with Crippen LogP contribution in [0.25, 0.3) is 0 Å². The molecule has 6 atom stereocenters. The van der Waals surface area contributed by atoms with Crippen LogP contribution in [0.3, 0.4) is 0 Å². The first-order chi connectivity index (χ1) is 31.6. The Bertz CT molecular complexity index is 1280. The van der Waals surface area contributed by atoms with Gasteiger partial charge in [0, 0.05) is 19.3 Å². The van der Waals surface area contributed by atoms with Gasteiger partial charge < -0.3 is 39.0 Å². The van der Waals surface area contributed by atoms with Gasteiger partial charge >= 0.3 is 23.9 Å². The molecule has 0 radical (unpaired) electrons. The zero-order valence-corrected chi connectivity index (χ0v) is 41.0. The fourth-order valence-electron chi connectivity index (χ4n) is 7.73. The molecule has 1 rings (SSSR count). The number of carbonyl (C=O) groups is 4. The second-order valence-corrected chi connectivity index (χ2v) is 17.8. The molecule has 0 saturated carbocycles. The predicted octanol–water partition coefficient (Wildman–Crippen LogP) is 12.1. The van der Waals surface area contributed by atoms with Crippen LogP contribution >= 0.6 is 0 Å². The zero-order valence-electron chi connectivity index (χ0n) is 41.0. The number of rotatable bonds is 43. The van der Waals surface area contributed by atoms with Crippen molar-refractivity contribution < 1.29 is 58.2 Å². The molecule has 0 bridgehead atoms. The first-order valence-corrected chi connectivity index (χ1v) is 26.0. The van der Waals surface area contributed by atoms with Gasteiger partial charge in [-0.3, -0.25) is 14.4 Å². The summed E-state index contributed by atoms with van der Waals surface area (Å²) in [4.78, 5) is 50.7. The summed E-state index contributed by atoms with van der Waals surface area (Å²) in [6.07, 6.45) is 34.3. The molecule has 12 heteroatoms. The second-order valence-electron chi connectivity index (χ2n) is 17.8. The molecule has 376 valence electrons. The molecule has 0 aromatic carbocycles. The summed E-state index contributed by atoms with van der Waals surface area (Å²) in [5.41, 5.74) is 0. The van der Waals surface area contributed by atoms with Crippen LogP contribution in [0.2, 0.25) is 0 Å². The number of hydrogen-bond donors (Lipinski definition) is 3. The first-order valence-electron chi connectivity index (χ1n) is 26.0. The van der Waals surface area contributed by atoms with E-state index in [1.165, 1.54) is 70.6 Å². The van der Waals surface area contributed by atoms with Crippen molar-refractivity contribution in [1.29, 1.82) is 0 Å². The van der Waals surface area contributed by atoms with Gasteiger partial charge in [0.25, 0.3) is 0 Å². The van der Waals surface area contributed by atoms with Crippen LogP contribution in [-0.4, -0.2) is 89.2 Å². The lowest BCUT2D eigenvalue weighted by atomic mass is 9.98. The Balaban J connectivity index is 2.73. The van der Waals surface area contributed by atoms with Gasteiger partial charge in [0.2, 0.25) is 0 Å². The van der Waals surface area contributed by atoms with Crippen molar-refractivity contribution in [2.75, 3.05) is 13.2 Å². The number of carboxylic acid groups (broad SMARTS) is 1. The Kier molecular flexibility index (Phi) is 39.0. The van der Waals surface area contributed by atoms with Crippen molar-refractivity contribution in [3.8, 4) is 0 Å². The lowest BCUT2D eigenvalue weighted by Crippen LogP contribution is -2.61. The maximum Gasteiger partial charge on any atom is 0.335 e. The van der Waals surface area contributed by atoms with Gasteiger partial charge in [0.1, 0.15) is 18.8 Å². The minimum atomic E-state index is -1.90. The van der Waals surface area contributed by atoms with Crippen molar-refractivity contribution >= 4 is 23.9 Å². The van der Waals surface area contributed by atoms with Gasteiger partial charge in [0.15, 0.2) is 24.6 Å². The third-order valence-electron chi connectivity index (χ3n) is 11.7. The fourth-order valence-corrected chi connectivity index (χ4v) is 7.73. The van der Waals surface area contributed by atoms with Crippen molar-refractivity contribution in [2.45, 2.75) is 263 Å². The highest BCUT2D eigenvalue weighted by Gasteiger charge is 2.50. The SMILES string of the molecule is CC/C=C\C/C=C\C/C=C\CCCCCCCC(=O)OCC(COC1OC(C(=O)O)C(O)C(O)C1OC(=O)CCCCCCCCCCC)OC(=O)CCCCCCCCCCCCC. The first kappa shape index (κ1) is 60.0. The van der Waals surface area contributed by atoms with Gasteiger partial charge in [-0.05, 0) is 51.4 Å². The average molecular weight is 921 g/mol.